The monoisotopic (exact) mass is 143 g/mol. The molecule has 1 amide bonds. The van der Waals surface area contributed by atoms with Crippen LogP contribution in [0.3, 0.4) is 0 Å². The topological polar surface area (TPSA) is 66.4 Å². The molecule has 0 aromatic carbocycles. The number of carboxylic acids is 1. The van der Waals surface area contributed by atoms with Crippen molar-refractivity contribution in [2.45, 2.75) is 19.4 Å². The Morgan fingerprint density at radius 3 is 2.50 bits per heavy atom. The molecule has 4 nitrogen and oxygen atoms in total. The van der Waals surface area contributed by atoms with E-state index in [0.29, 0.717) is 6.42 Å². The summed E-state index contributed by atoms with van der Waals surface area (Å²) in [7, 11) is 0. The van der Waals surface area contributed by atoms with E-state index in [-0.39, 0.29) is 17.9 Å². The molecule has 10 heavy (non-hydrogen) atoms. The number of nitrogens with one attached hydrogen (secondary N) is 1. The van der Waals surface area contributed by atoms with Crippen molar-refractivity contribution in [1.29, 1.82) is 0 Å². The van der Waals surface area contributed by atoms with Crippen LogP contribution in [0.4, 0.5) is 0 Å². The van der Waals surface area contributed by atoms with Gasteiger partial charge in [-0.1, -0.05) is 0 Å². The highest BCUT2D eigenvalue weighted by Gasteiger charge is 2.43. The first-order valence-corrected chi connectivity index (χ1v) is 3.11. The Morgan fingerprint density at radius 2 is 2.20 bits per heavy atom. The summed E-state index contributed by atoms with van der Waals surface area (Å²) in [6.45, 7) is 1.39. The number of hydrogen-bond acceptors (Lipinski definition) is 2. The van der Waals surface area contributed by atoms with Gasteiger partial charge in [-0.15, -0.1) is 0 Å². The van der Waals surface area contributed by atoms with Crippen molar-refractivity contribution >= 4 is 11.9 Å². The van der Waals surface area contributed by atoms with Crippen LogP contribution >= 0.6 is 0 Å². The van der Waals surface area contributed by atoms with Gasteiger partial charge in [-0.25, -0.2) is 0 Å². The summed E-state index contributed by atoms with van der Waals surface area (Å²) >= 11 is 0. The highest BCUT2D eigenvalue weighted by atomic mass is 16.4. The number of carbonyl (C=O) groups is 2. The highest BCUT2D eigenvalue weighted by molar-refractivity contribution is 5.78. The Bertz CT molecular complexity index is 178. The quantitative estimate of drug-likeness (QED) is 0.552. The van der Waals surface area contributed by atoms with E-state index in [1.165, 1.54) is 6.92 Å². The maximum absolute atomic E-state index is 10.4. The first-order chi connectivity index (χ1) is 4.61. The van der Waals surface area contributed by atoms with Crippen LogP contribution < -0.4 is 5.32 Å². The average Bonchev–Trinajstić information content (AvgIpc) is 2.43. The number of amides is 1. The molecule has 0 saturated heterocycles. The van der Waals surface area contributed by atoms with Gasteiger partial charge in [0.2, 0.25) is 5.91 Å². The molecule has 0 bridgehead atoms. The molecule has 0 heterocycles. The zero-order valence-corrected chi connectivity index (χ0v) is 5.63. The van der Waals surface area contributed by atoms with Crippen molar-refractivity contribution in [3.05, 3.63) is 0 Å². The van der Waals surface area contributed by atoms with Gasteiger partial charge in [-0.3, -0.25) is 9.59 Å². The molecular formula is C6H9NO3. The van der Waals surface area contributed by atoms with E-state index in [1.807, 2.05) is 0 Å². The molecule has 4 heteroatoms. The Balaban J connectivity index is 2.26. The molecule has 1 aliphatic rings. The maximum atomic E-state index is 10.4. The van der Waals surface area contributed by atoms with Gasteiger partial charge in [0.25, 0.3) is 0 Å². The second-order valence-corrected chi connectivity index (χ2v) is 2.49. The SMILES string of the molecule is CC(=O)N[C@@H]1C[C@@H]1C(=O)O. The lowest BCUT2D eigenvalue weighted by molar-refractivity contribution is -0.138. The van der Waals surface area contributed by atoms with Gasteiger partial charge < -0.3 is 10.4 Å². The standard InChI is InChI=1S/C6H9NO3/c1-3(8)7-5-2-4(5)6(9)10/h4-5H,2H2,1H3,(H,7,8)(H,9,10)/t4-,5+/m0/s1. The van der Waals surface area contributed by atoms with Gasteiger partial charge in [0.15, 0.2) is 0 Å². The van der Waals surface area contributed by atoms with E-state index >= 15 is 0 Å². The third kappa shape index (κ3) is 1.46. The number of carboxylic acid groups (broad SMARTS) is 1. The van der Waals surface area contributed by atoms with Crippen LogP contribution in [0.15, 0.2) is 0 Å². The zero-order valence-electron chi connectivity index (χ0n) is 5.63. The number of carbonyl (C=O) groups excluding carboxylic acids is 1. The second-order valence-electron chi connectivity index (χ2n) is 2.49. The molecular weight excluding hydrogens is 134 g/mol. The van der Waals surface area contributed by atoms with Crippen molar-refractivity contribution in [2.24, 2.45) is 5.92 Å². The summed E-state index contributed by atoms with van der Waals surface area (Å²) in [6.07, 6.45) is 0.578. The lowest BCUT2D eigenvalue weighted by atomic mass is 10.4. The third-order valence-corrected chi connectivity index (χ3v) is 1.50. The minimum Gasteiger partial charge on any atom is -0.481 e. The van der Waals surface area contributed by atoms with Crippen molar-refractivity contribution in [1.82, 2.24) is 5.32 Å². The molecule has 2 N–H and O–H groups in total. The van der Waals surface area contributed by atoms with Gasteiger partial charge in [-0.05, 0) is 6.42 Å². The second kappa shape index (κ2) is 2.28. The van der Waals surface area contributed by atoms with E-state index in [9.17, 15) is 9.59 Å². The molecule has 0 spiro atoms. The van der Waals surface area contributed by atoms with E-state index in [1.54, 1.807) is 0 Å². The minimum atomic E-state index is -0.821. The van der Waals surface area contributed by atoms with Crippen LogP contribution in [-0.2, 0) is 9.59 Å². The molecule has 0 aromatic heterocycles. The molecule has 1 aliphatic carbocycles. The van der Waals surface area contributed by atoms with Crippen LogP contribution in [0.1, 0.15) is 13.3 Å². The fourth-order valence-electron chi connectivity index (χ4n) is 0.889. The first kappa shape index (κ1) is 7.05. The molecule has 1 fully saturated rings. The molecule has 56 valence electrons. The van der Waals surface area contributed by atoms with E-state index in [2.05, 4.69) is 5.32 Å². The number of aliphatic carboxylic acids is 1. The Morgan fingerprint density at radius 1 is 1.60 bits per heavy atom. The largest absolute Gasteiger partial charge is 0.481 e. The van der Waals surface area contributed by atoms with E-state index in [4.69, 9.17) is 5.11 Å². The first-order valence-electron chi connectivity index (χ1n) is 3.11. The van der Waals surface area contributed by atoms with Gasteiger partial charge in [-0.2, -0.15) is 0 Å². The van der Waals surface area contributed by atoms with Crippen LogP contribution in [0.2, 0.25) is 0 Å². The summed E-state index contributed by atoms with van der Waals surface area (Å²) in [6, 6.07) is -0.116. The number of hydrogen-bond donors (Lipinski definition) is 2. The van der Waals surface area contributed by atoms with Gasteiger partial charge in [0.05, 0.1) is 5.92 Å². The molecule has 1 saturated carbocycles. The van der Waals surface area contributed by atoms with Crippen LogP contribution in [-0.4, -0.2) is 23.0 Å². The zero-order chi connectivity index (χ0) is 7.72. The van der Waals surface area contributed by atoms with Crippen molar-refractivity contribution in [3.63, 3.8) is 0 Å². The lowest BCUT2D eigenvalue weighted by Crippen LogP contribution is -2.25. The maximum Gasteiger partial charge on any atom is 0.308 e. The molecule has 0 unspecified atom stereocenters. The molecule has 0 aliphatic heterocycles. The van der Waals surface area contributed by atoms with Crippen molar-refractivity contribution < 1.29 is 14.7 Å². The Hall–Kier alpha value is -1.06. The normalized spacial score (nSPS) is 29.3. The van der Waals surface area contributed by atoms with Crippen LogP contribution in [0.25, 0.3) is 0 Å². The summed E-state index contributed by atoms with van der Waals surface area (Å²) in [5.74, 6) is -1.32. The highest BCUT2D eigenvalue weighted by Crippen LogP contribution is 2.29. The van der Waals surface area contributed by atoms with Crippen LogP contribution in [0.5, 0.6) is 0 Å². The van der Waals surface area contributed by atoms with Crippen LogP contribution in [0, 0.1) is 5.92 Å². The summed E-state index contributed by atoms with van der Waals surface area (Å²) < 4.78 is 0. The molecule has 0 radical (unpaired) electrons. The minimum absolute atomic E-state index is 0.116. The predicted molar refractivity (Wildman–Crippen MR) is 33.3 cm³/mol. The number of rotatable bonds is 2. The average molecular weight is 143 g/mol. The smallest absolute Gasteiger partial charge is 0.308 e. The summed E-state index contributed by atoms with van der Waals surface area (Å²) in [5.41, 5.74) is 0. The summed E-state index contributed by atoms with van der Waals surface area (Å²) in [5, 5.41) is 10.9. The fourth-order valence-corrected chi connectivity index (χ4v) is 0.889. The third-order valence-electron chi connectivity index (χ3n) is 1.50. The van der Waals surface area contributed by atoms with Crippen molar-refractivity contribution in [3.8, 4) is 0 Å². The van der Waals surface area contributed by atoms with E-state index < -0.39 is 5.97 Å². The van der Waals surface area contributed by atoms with Gasteiger partial charge in [0, 0.05) is 13.0 Å². The fraction of sp³-hybridized carbons (Fsp3) is 0.667. The molecule has 1 rings (SSSR count). The van der Waals surface area contributed by atoms with E-state index in [0.717, 1.165) is 0 Å². The van der Waals surface area contributed by atoms with Gasteiger partial charge >= 0.3 is 5.97 Å². The molecule has 2 atom stereocenters. The predicted octanol–water partition coefficient (Wildman–Crippen LogP) is -0.404. The summed E-state index contributed by atoms with van der Waals surface area (Å²) in [4.78, 5) is 20.6. The Labute approximate surface area is 58.2 Å². The lowest BCUT2D eigenvalue weighted by Gasteiger charge is -1.95. The Kier molecular flexibility index (Phi) is 1.61. The van der Waals surface area contributed by atoms with Crippen molar-refractivity contribution in [2.75, 3.05) is 0 Å². The van der Waals surface area contributed by atoms with Gasteiger partial charge in [0.1, 0.15) is 0 Å². The molecule has 0 aromatic rings.